The van der Waals surface area contributed by atoms with E-state index in [1.54, 1.807) is 19.2 Å². The van der Waals surface area contributed by atoms with E-state index >= 15 is 0 Å². The van der Waals surface area contributed by atoms with Crippen LogP contribution < -0.4 is 5.73 Å². The van der Waals surface area contributed by atoms with Crippen LogP contribution in [0.3, 0.4) is 0 Å². The third kappa shape index (κ3) is 2.75. The molecule has 0 bridgehead atoms. The lowest BCUT2D eigenvalue weighted by Crippen LogP contribution is -2.05. The predicted octanol–water partition coefficient (Wildman–Crippen LogP) is 2.62. The van der Waals surface area contributed by atoms with Crippen LogP contribution in [0.4, 0.5) is 10.2 Å². The number of rotatable bonds is 3. The summed E-state index contributed by atoms with van der Waals surface area (Å²) >= 11 is 2.08. The van der Waals surface area contributed by atoms with E-state index in [-0.39, 0.29) is 5.82 Å². The molecule has 0 fully saturated rings. The first-order valence-corrected chi connectivity index (χ1v) is 6.26. The van der Waals surface area contributed by atoms with Gasteiger partial charge in [0.2, 0.25) is 0 Å². The molecule has 2 rings (SSSR count). The molecule has 0 saturated carbocycles. The zero-order chi connectivity index (χ0) is 13.1. The second kappa shape index (κ2) is 5.57. The molecule has 0 atom stereocenters. The van der Waals surface area contributed by atoms with Crippen molar-refractivity contribution in [3.8, 4) is 11.4 Å². The highest BCUT2D eigenvalue weighted by Gasteiger charge is 2.11. The number of benzene rings is 1. The van der Waals surface area contributed by atoms with Crippen molar-refractivity contribution in [1.82, 2.24) is 9.97 Å². The third-order valence-corrected chi connectivity index (χ3v) is 3.50. The Morgan fingerprint density at radius 2 is 1.94 bits per heavy atom. The molecule has 18 heavy (non-hydrogen) atoms. The fourth-order valence-corrected chi connectivity index (χ4v) is 1.87. The monoisotopic (exact) mass is 359 g/mol. The van der Waals surface area contributed by atoms with Gasteiger partial charge in [0.25, 0.3) is 0 Å². The number of ether oxygens (including phenoxy) is 1. The van der Waals surface area contributed by atoms with Gasteiger partial charge in [-0.15, -0.1) is 0 Å². The molecule has 0 saturated heterocycles. The lowest BCUT2D eigenvalue weighted by Gasteiger charge is -2.08. The number of halogens is 2. The lowest BCUT2D eigenvalue weighted by molar-refractivity contribution is 0.181. The molecule has 0 aliphatic carbocycles. The molecule has 0 amide bonds. The Morgan fingerprint density at radius 1 is 1.28 bits per heavy atom. The summed E-state index contributed by atoms with van der Waals surface area (Å²) in [5, 5.41) is 0. The number of aromatic nitrogens is 2. The summed E-state index contributed by atoms with van der Waals surface area (Å²) in [7, 11) is 1.59. The zero-order valence-electron chi connectivity index (χ0n) is 9.65. The number of anilines is 1. The van der Waals surface area contributed by atoms with E-state index in [9.17, 15) is 4.39 Å². The quantitative estimate of drug-likeness (QED) is 0.856. The summed E-state index contributed by atoms with van der Waals surface area (Å²) in [6.07, 6.45) is 0. The van der Waals surface area contributed by atoms with Gasteiger partial charge in [-0.1, -0.05) is 0 Å². The molecule has 1 heterocycles. The van der Waals surface area contributed by atoms with Gasteiger partial charge in [0.15, 0.2) is 5.82 Å². The molecule has 94 valence electrons. The van der Waals surface area contributed by atoms with E-state index in [0.29, 0.717) is 18.2 Å². The molecule has 0 spiro atoms. The van der Waals surface area contributed by atoms with Crippen molar-refractivity contribution in [3.05, 3.63) is 39.3 Å². The smallest absolute Gasteiger partial charge is 0.161 e. The molecule has 6 heteroatoms. The standard InChI is InChI=1S/C12H11FIN3O/c1-18-6-9-10(14)11(15)17-12(16-9)7-2-4-8(13)5-3-7/h2-5H,6H2,1H3,(H2,15,16,17). The first-order valence-electron chi connectivity index (χ1n) is 5.18. The molecule has 0 radical (unpaired) electrons. The van der Waals surface area contributed by atoms with Crippen LogP contribution in [0.2, 0.25) is 0 Å². The van der Waals surface area contributed by atoms with E-state index in [1.807, 2.05) is 0 Å². The van der Waals surface area contributed by atoms with E-state index in [1.165, 1.54) is 12.1 Å². The van der Waals surface area contributed by atoms with Gasteiger partial charge in [0.05, 0.1) is 15.9 Å². The molecule has 2 aromatic rings. The van der Waals surface area contributed by atoms with Gasteiger partial charge >= 0.3 is 0 Å². The molecule has 1 aromatic carbocycles. The van der Waals surface area contributed by atoms with Gasteiger partial charge < -0.3 is 10.5 Å². The highest BCUT2D eigenvalue weighted by molar-refractivity contribution is 14.1. The highest BCUT2D eigenvalue weighted by Crippen LogP contribution is 2.22. The van der Waals surface area contributed by atoms with Crippen LogP contribution in [-0.4, -0.2) is 17.1 Å². The summed E-state index contributed by atoms with van der Waals surface area (Å²) in [6, 6.07) is 5.97. The maximum Gasteiger partial charge on any atom is 0.161 e. The molecule has 0 aliphatic rings. The van der Waals surface area contributed by atoms with Crippen molar-refractivity contribution in [1.29, 1.82) is 0 Å². The van der Waals surface area contributed by atoms with Gasteiger partial charge in [-0.05, 0) is 46.9 Å². The van der Waals surface area contributed by atoms with Gasteiger partial charge in [0, 0.05) is 12.7 Å². The Hall–Kier alpha value is -1.28. The topological polar surface area (TPSA) is 61.0 Å². The largest absolute Gasteiger partial charge is 0.383 e. The molecular formula is C12H11FIN3O. The number of hydrogen-bond acceptors (Lipinski definition) is 4. The van der Waals surface area contributed by atoms with E-state index < -0.39 is 0 Å². The number of nitrogen functional groups attached to an aromatic ring is 1. The van der Waals surface area contributed by atoms with E-state index in [0.717, 1.165) is 14.8 Å². The molecule has 4 nitrogen and oxygen atoms in total. The van der Waals surface area contributed by atoms with E-state index in [2.05, 4.69) is 32.6 Å². The van der Waals surface area contributed by atoms with Gasteiger partial charge in [-0.3, -0.25) is 0 Å². The first kappa shape index (κ1) is 13.2. The normalized spacial score (nSPS) is 10.6. The second-order valence-corrected chi connectivity index (χ2v) is 4.71. The Morgan fingerprint density at radius 3 is 2.56 bits per heavy atom. The van der Waals surface area contributed by atoms with Crippen molar-refractivity contribution < 1.29 is 9.13 Å². The van der Waals surface area contributed by atoms with Crippen LogP contribution in [0.5, 0.6) is 0 Å². The Bertz CT molecular complexity index is 560. The molecule has 0 unspecified atom stereocenters. The van der Waals surface area contributed by atoms with Crippen molar-refractivity contribution in [3.63, 3.8) is 0 Å². The number of nitrogens with two attached hydrogens (primary N) is 1. The molecular weight excluding hydrogens is 348 g/mol. The van der Waals surface area contributed by atoms with Crippen LogP contribution >= 0.6 is 22.6 Å². The fourth-order valence-electron chi connectivity index (χ4n) is 1.47. The van der Waals surface area contributed by atoms with Crippen LogP contribution in [0.1, 0.15) is 5.69 Å². The molecule has 2 N–H and O–H groups in total. The summed E-state index contributed by atoms with van der Waals surface area (Å²) in [4.78, 5) is 8.57. The molecule has 1 aromatic heterocycles. The number of methoxy groups -OCH3 is 1. The average Bonchev–Trinajstić information content (AvgIpc) is 2.36. The summed E-state index contributed by atoms with van der Waals surface area (Å²) < 4.78 is 18.7. The van der Waals surface area contributed by atoms with Crippen molar-refractivity contribution in [2.24, 2.45) is 0 Å². The Balaban J connectivity index is 2.48. The first-order chi connectivity index (χ1) is 8.61. The van der Waals surface area contributed by atoms with Crippen LogP contribution in [0.15, 0.2) is 24.3 Å². The summed E-state index contributed by atoms with van der Waals surface area (Å²) in [6.45, 7) is 0.360. The van der Waals surface area contributed by atoms with Crippen molar-refractivity contribution in [2.45, 2.75) is 6.61 Å². The number of hydrogen-bond donors (Lipinski definition) is 1. The van der Waals surface area contributed by atoms with Gasteiger partial charge in [-0.25, -0.2) is 14.4 Å². The van der Waals surface area contributed by atoms with Crippen molar-refractivity contribution >= 4 is 28.4 Å². The minimum atomic E-state index is -0.297. The summed E-state index contributed by atoms with van der Waals surface area (Å²) in [5.74, 6) is 0.575. The second-order valence-electron chi connectivity index (χ2n) is 3.63. The van der Waals surface area contributed by atoms with Gasteiger partial charge in [-0.2, -0.15) is 0 Å². The summed E-state index contributed by atoms with van der Waals surface area (Å²) in [5.41, 5.74) is 7.28. The van der Waals surface area contributed by atoms with Crippen LogP contribution in [0, 0.1) is 9.39 Å². The minimum Gasteiger partial charge on any atom is -0.383 e. The fraction of sp³-hybridized carbons (Fsp3) is 0.167. The maximum absolute atomic E-state index is 12.9. The van der Waals surface area contributed by atoms with E-state index in [4.69, 9.17) is 10.5 Å². The lowest BCUT2D eigenvalue weighted by atomic mass is 10.2. The highest BCUT2D eigenvalue weighted by atomic mass is 127. The Labute approximate surface area is 118 Å². The number of nitrogens with zero attached hydrogens (tertiary/aromatic N) is 2. The third-order valence-electron chi connectivity index (χ3n) is 2.33. The average molecular weight is 359 g/mol. The van der Waals surface area contributed by atoms with Crippen molar-refractivity contribution in [2.75, 3.05) is 12.8 Å². The predicted molar refractivity (Wildman–Crippen MR) is 75.3 cm³/mol. The van der Waals surface area contributed by atoms with Crippen LogP contribution in [-0.2, 0) is 11.3 Å². The minimum absolute atomic E-state index is 0.297. The van der Waals surface area contributed by atoms with Gasteiger partial charge in [0.1, 0.15) is 11.6 Å². The zero-order valence-corrected chi connectivity index (χ0v) is 11.8. The van der Waals surface area contributed by atoms with Crippen LogP contribution in [0.25, 0.3) is 11.4 Å². The Kier molecular flexibility index (Phi) is 4.07. The SMILES string of the molecule is COCc1nc(-c2ccc(F)cc2)nc(N)c1I. The molecule has 0 aliphatic heterocycles. The maximum atomic E-state index is 12.9.